The molecule has 0 spiro atoms. The van der Waals surface area contributed by atoms with Gasteiger partial charge in [0, 0.05) is 6.54 Å². The second-order valence-electron chi connectivity index (χ2n) is 5.79. The highest BCUT2D eigenvalue weighted by molar-refractivity contribution is 7.77. The Bertz CT molecular complexity index is 1030. The van der Waals surface area contributed by atoms with Gasteiger partial charge in [-0.05, 0) is 46.0 Å². The van der Waals surface area contributed by atoms with Gasteiger partial charge in [-0.1, -0.05) is 12.1 Å². The van der Waals surface area contributed by atoms with Crippen LogP contribution in [0, 0.1) is 34.1 Å². The van der Waals surface area contributed by atoms with Gasteiger partial charge in [0.25, 0.3) is 0 Å². The zero-order chi connectivity index (χ0) is 18.7. The Morgan fingerprint density at radius 1 is 1.12 bits per heavy atom. The van der Waals surface area contributed by atoms with Crippen LogP contribution in [0.5, 0.6) is 0 Å². The third-order valence-electron chi connectivity index (χ3n) is 4.21. The third-order valence-corrected chi connectivity index (χ3v) is 4.60. The molecule has 0 amide bonds. The van der Waals surface area contributed by atoms with Crippen LogP contribution >= 0.6 is 0 Å². The summed E-state index contributed by atoms with van der Waals surface area (Å²) in [5.74, 6) is 0. The van der Waals surface area contributed by atoms with Crippen LogP contribution in [-0.2, 0) is 30.9 Å². The average Bonchev–Trinajstić information content (AvgIpc) is 3.08. The van der Waals surface area contributed by atoms with Gasteiger partial charge in [0.1, 0.15) is 0 Å². The molecule has 0 saturated carbocycles. The molecule has 3 rings (SSSR count). The lowest BCUT2D eigenvalue weighted by Crippen LogP contribution is -2.15. The fourth-order valence-electron chi connectivity index (χ4n) is 3.08. The van der Waals surface area contributed by atoms with E-state index in [1.165, 1.54) is 6.07 Å². The predicted molar refractivity (Wildman–Crippen MR) is 93.8 cm³/mol. The van der Waals surface area contributed by atoms with Crippen molar-refractivity contribution in [1.29, 1.82) is 15.8 Å². The molecule has 128 valence electrons. The number of rotatable bonds is 4. The summed E-state index contributed by atoms with van der Waals surface area (Å²) < 4.78 is 22.3. The van der Waals surface area contributed by atoms with Crippen molar-refractivity contribution in [2.45, 2.75) is 19.6 Å². The van der Waals surface area contributed by atoms with E-state index in [0.717, 1.165) is 22.3 Å². The molecule has 1 unspecified atom stereocenters. The van der Waals surface area contributed by atoms with E-state index in [2.05, 4.69) is 17.0 Å². The maximum absolute atomic E-state index is 10.9. The zero-order valence-electron chi connectivity index (χ0n) is 13.6. The molecule has 0 saturated heterocycles. The van der Waals surface area contributed by atoms with Gasteiger partial charge in [0.2, 0.25) is 11.3 Å². The van der Waals surface area contributed by atoms with Gasteiger partial charge >= 0.3 is 0 Å². The molecule has 2 N–H and O–H groups in total. The van der Waals surface area contributed by atoms with Gasteiger partial charge in [-0.2, -0.15) is 15.8 Å². The Morgan fingerprint density at radius 2 is 1.92 bits per heavy atom. The Hall–Kier alpha value is -3.22. The normalized spacial score (nSPS) is 13.4. The van der Waals surface area contributed by atoms with Crippen molar-refractivity contribution in [3.05, 3.63) is 58.1 Å². The summed E-state index contributed by atoms with van der Waals surface area (Å²) in [4.78, 5) is 1.60. The van der Waals surface area contributed by atoms with Crippen molar-refractivity contribution in [3.8, 4) is 29.5 Å². The molecule has 7 nitrogen and oxygen atoms in total. The minimum Gasteiger partial charge on any atom is -0.302 e. The first-order valence-electron chi connectivity index (χ1n) is 7.64. The minimum atomic E-state index is -2.14. The van der Waals surface area contributed by atoms with Gasteiger partial charge in [-0.25, -0.2) is 8.93 Å². The molecule has 1 aliphatic rings. The van der Waals surface area contributed by atoms with Crippen molar-refractivity contribution in [2.75, 3.05) is 0 Å². The zero-order valence-corrected chi connectivity index (χ0v) is 14.4. The van der Waals surface area contributed by atoms with E-state index in [4.69, 9.17) is 9.81 Å². The van der Waals surface area contributed by atoms with Crippen LogP contribution in [0.15, 0.2) is 30.3 Å². The van der Waals surface area contributed by atoms with Crippen LogP contribution in [0.3, 0.4) is 0 Å². The molecular weight excluding hydrogens is 350 g/mol. The third kappa shape index (κ3) is 3.42. The second-order valence-corrected chi connectivity index (χ2v) is 6.58. The molecule has 26 heavy (non-hydrogen) atoms. The SMILES string of the molecule is N#Cc1ccc(-c2cc(CNS(=O)O)cc3c2CN(C#N)C3)c(C#N)c1. The van der Waals surface area contributed by atoms with E-state index in [0.29, 0.717) is 29.8 Å². The van der Waals surface area contributed by atoms with Crippen molar-refractivity contribution < 1.29 is 8.76 Å². The van der Waals surface area contributed by atoms with Crippen molar-refractivity contribution in [3.63, 3.8) is 0 Å². The van der Waals surface area contributed by atoms with Crippen LogP contribution in [0.25, 0.3) is 11.1 Å². The fraction of sp³-hybridized carbons (Fsp3) is 0.167. The number of benzene rings is 2. The summed E-state index contributed by atoms with van der Waals surface area (Å²) in [6.45, 7) is 1.06. The van der Waals surface area contributed by atoms with Crippen molar-refractivity contribution >= 4 is 11.3 Å². The van der Waals surface area contributed by atoms with Gasteiger partial charge in [-0.15, -0.1) is 0 Å². The molecule has 2 aromatic carbocycles. The second kappa shape index (κ2) is 7.35. The van der Waals surface area contributed by atoms with Crippen LogP contribution in [0.4, 0.5) is 0 Å². The standard InChI is InChI=1S/C18H13N5O2S/c19-6-12-1-2-16(14(3-12)7-20)17-5-13(8-22-26(24)25)4-15-9-23(11-21)10-18(15)17/h1-5,22H,8-10H2,(H,24,25). The Labute approximate surface area is 153 Å². The fourth-order valence-corrected chi connectivity index (χ4v) is 3.37. The van der Waals surface area contributed by atoms with Crippen LogP contribution in [0.1, 0.15) is 27.8 Å². The van der Waals surface area contributed by atoms with Gasteiger partial charge in [0.15, 0.2) is 6.19 Å². The Morgan fingerprint density at radius 3 is 2.58 bits per heavy atom. The van der Waals surface area contributed by atoms with E-state index in [1.54, 1.807) is 17.0 Å². The molecule has 0 fully saturated rings. The molecule has 0 bridgehead atoms. The lowest BCUT2D eigenvalue weighted by atomic mass is 9.91. The highest BCUT2D eigenvalue weighted by Gasteiger charge is 2.23. The first kappa shape index (κ1) is 17.6. The lowest BCUT2D eigenvalue weighted by Gasteiger charge is -2.13. The molecule has 1 heterocycles. The quantitative estimate of drug-likeness (QED) is 0.633. The Balaban J connectivity index is 2.15. The van der Waals surface area contributed by atoms with Crippen molar-refractivity contribution in [2.24, 2.45) is 0 Å². The molecular formula is C18H13N5O2S. The summed E-state index contributed by atoms with van der Waals surface area (Å²) in [7, 11) is 0. The average molecular weight is 363 g/mol. The highest BCUT2D eigenvalue weighted by atomic mass is 32.2. The largest absolute Gasteiger partial charge is 0.302 e. The molecule has 1 atom stereocenters. The number of hydrogen-bond donors (Lipinski definition) is 2. The highest BCUT2D eigenvalue weighted by Crippen LogP contribution is 2.35. The number of fused-ring (bicyclic) bond motifs is 1. The van der Waals surface area contributed by atoms with Gasteiger partial charge in [-0.3, -0.25) is 4.55 Å². The minimum absolute atomic E-state index is 0.175. The van der Waals surface area contributed by atoms with Crippen LogP contribution in [-0.4, -0.2) is 13.7 Å². The predicted octanol–water partition coefficient (Wildman–Crippen LogP) is 2.12. The molecule has 8 heteroatoms. The van der Waals surface area contributed by atoms with Gasteiger partial charge in [0.05, 0.1) is 36.4 Å². The van der Waals surface area contributed by atoms with E-state index in [9.17, 15) is 14.7 Å². The summed E-state index contributed by atoms with van der Waals surface area (Å²) in [5, 5.41) is 27.7. The van der Waals surface area contributed by atoms with E-state index < -0.39 is 11.3 Å². The summed E-state index contributed by atoms with van der Waals surface area (Å²) in [5.41, 5.74) is 4.90. The first-order chi connectivity index (χ1) is 12.5. The number of nitriles is 3. The Kier molecular flexibility index (Phi) is 4.97. The lowest BCUT2D eigenvalue weighted by molar-refractivity contribution is 0.417. The van der Waals surface area contributed by atoms with E-state index >= 15 is 0 Å². The first-order valence-corrected chi connectivity index (χ1v) is 8.74. The smallest absolute Gasteiger partial charge is 0.232 e. The van der Waals surface area contributed by atoms with Gasteiger partial charge < -0.3 is 4.90 Å². The summed E-state index contributed by atoms with van der Waals surface area (Å²) >= 11 is -2.14. The summed E-state index contributed by atoms with van der Waals surface area (Å²) in [6, 6.07) is 12.8. The summed E-state index contributed by atoms with van der Waals surface area (Å²) in [6.07, 6.45) is 2.13. The maximum Gasteiger partial charge on any atom is 0.232 e. The molecule has 0 aromatic heterocycles. The monoisotopic (exact) mass is 363 g/mol. The molecule has 0 radical (unpaired) electrons. The number of nitrogens with zero attached hydrogens (tertiary/aromatic N) is 4. The molecule has 1 aliphatic heterocycles. The maximum atomic E-state index is 10.9. The molecule has 0 aliphatic carbocycles. The number of hydrogen-bond acceptors (Lipinski definition) is 5. The van der Waals surface area contributed by atoms with Crippen molar-refractivity contribution in [1.82, 2.24) is 9.62 Å². The van der Waals surface area contributed by atoms with Crippen LogP contribution in [0.2, 0.25) is 0 Å². The molecule has 2 aromatic rings. The number of nitrogens with one attached hydrogen (secondary N) is 1. The topological polar surface area (TPSA) is 124 Å². The van der Waals surface area contributed by atoms with E-state index in [-0.39, 0.29) is 6.54 Å². The van der Waals surface area contributed by atoms with Crippen LogP contribution < -0.4 is 4.72 Å². The van der Waals surface area contributed by atoms with E-state index in [1.807, 2.05) is 18.2 Å².